The average molecular weight is 337 g/mol. The fourth-order valence-corrected chi connectivity index (χ4v) is 2.77. The van der Waals surface area contributed by atoms with Crippen LogP contribution in [0, 0.1) is 5.82 Å². The number of hydrogen-bond acceptors (Lipinski definition) is 2. The molecule has 4 nitrogen and oxygen atoms in total. The number of para-hydroxylation sites is 2. The number of allylic oxidation sites excluding steroid dienone is 1. The van der Waals surface area contributed by atoms with E-state index in [0.717, 1.165) is 22.4 Å². The van der Waals surface area contributed by atoms with Crippen LogP contribution in [0.5, 0.6) is 0 Å². The summed E-state index contributed by atoms with van der Waals surface area (Å²) in [6.45, 7) is 2.93. The van der Waals surface area contributed by atoms with Crippen LogP contribution in [0.3, 0.4) is 0 Å². The predicted molar refractivity (Wildman–Crippen MR) is 96.8 cm³/mol. The molecule has 0 aliphatic rings. The Morgan fingerprint density at radius 3 is 2.72 bits per heavy atom. The lowest BCUT2D eigenvalue weighted by Crippen LogP contribution is -2.24. The van der Waals surface area contributed by atoms with Crippen LogP contribution < -0.4 is 5.32 Å². The Morgan fingerprint density at radius 2 is 1.96 bits per heavy atom. The Bertz CT molecular complexity index is 897. The van der Waals surface area contributed by atoms with Gasteiger partial charge in [-0.1, -0.05) is 30.3 Å². The van der Waals surface area contributed by atoms with E-state index in [2.05, 4.69) is 14.9 Å². The van der Waals surface area contributed by atoms with Crippen LogP contribution in [0.25, 0.3) is 11.0 Å². The van der Waals surface area contributed by atoms with E-state index in [0.29, 0.717) is 19.5 Å². The van der Waals surface area contributed by atoms with E-state index in [-0.39, 0.29) is 11.7 Å². The van der Waals surface area contributed by atoms with Gasteiger partial charge in [0.05, 0.1) is 11.0 Å². The Hall–Kier alpha value is -2.95. The van der Waals surface area contributed by atoms with Crippen LogP contribution in [0.4, 0.5) is 4.39 Å². The molecule has 1 amide bonds. The van der Waals surface area contributed by atoms with Crippen molar-refractivity contribution >= 4 is 16.9 Å². The molecule has 0 fully saturated rings. The summed E-state index contributed by atoms with van der Waals surface area (Å²) in [5, 5.41) is 2.85. The number of rotatable bonds is 6. The van der Waals surface area contributed by atoms with Crippen molar-refractivity contribution < 1.29 is 9.18 Å². The van der Waals surface area contributed by atoms with Gasteiger partial charge in [0, 0.05) is 19.5 Å². The number of nitrogens with one attached hydrogen (secondary N) is 1. The maximum absolute atomic E-state index is 13.1. The van der Waals surface area contributed by atoms with E-state index < -0.39 is 0 Å². The largest absolute Gasteiger partial charge is 0.352 e. The molecule has 0 atom stereocenters. The van der Waals surface area contributed by atoms with Crippen molar-refractivity contribution in [3.63, 3.8) is 0 Å². The normalized spacial score (nSPS) is 11.3. The van der Waals surface area contributed by atoms with Crippen molar-refractivity contribution in [2.45, 2.75) is 19.9 Å². The Morgan fingerprint density at radius 1 is 1.20 bits per heavy atom. The Labute approximate surface area is 146 Å². The van der Waals surface area contributed by atoms with Crippen molar-refractivity contribution in [3.05, 3.63) is 77.9 Å². The molecule has 3 aromatic rings. The van der Waals surface area contributed by atoms with Crippen LogP contribution in [0.1, 0.15) is 18.3 Å². The molecule has 0 bridgehead atoms. The first-order chi connectivity index (χ1) is 12.2. The average Bonchev–Trinajstić information content (AvgIpc) is 2.95. The number of amides is 1. The SMILES string of the molecule is C/C=C/C(=O)NCCc1nc2ccccc2n1Cc1ccc(F)cc1. The van der Waals surface area contributed by atoms with Gasteiger partial charge in [0.15, 0.2) is 0 Å². The molecule has 3 rings (SSSR count). The first kappa shape index (κ1) is 16.9. The van der Waals surface area contributed by atoms with Gasteiger partial charge < -0.3 is 9.88 Å². The molecular weight excluding hydrogens is 317 g/mol. The number of benzene rings is 2. The van der Waals surface area contributed by atoms with E-state index >= 15 is 0 Å². The molecule has 1 aromatic heterocycles. The standard InChI is InChI=1S/C20H20FN3O/c1-2-5-20(25)22-13-12-19-23-17-6-3-4-7-18(17)24(19)14-15-8-10-16(21)11-9-15/h2-11H,12-14H2,1H3,(H,22,25)/b5-2+. The van der Waals surface area contributed by atoms with E-state index in [9.17, 15) is 9.18 Å². The fourth-order valence-electron chi connectivity index (χ4n) is 2.77. The second-order valence-corrected chi connectivity index (χ2v) is 5.77. The minimum absolute atomic E-state index is 0.108. The second-order valence-electron chi connectivity index (χ2n) is 5.77. The Balaban J connectivity index is 1.84. The lowest BCUT2D eigenvalue weighted by molar-refractivity contribution is -0.116. The molecule has 0 aliphatic carbocycles. The highest BCUT2D eigenvalue weighted by atomic mass is 19.1. The molecule has 0 saturated carbocycles. The van der Waals surface area contributed by atoms with E-state index in [1.54, 1.807) is 18.2 Å². The van der Waals surface area contributed by atoms with Gasteiger partial charge in [0.25, 0.3) is 0 Å². The minimum Gasteiger partial charge on any atom is -0.352 e. The quantitative estimate of drug-likeness (QED) is 0.700. The molecule has 0 unspecified atom stereocenters. The number of hydrogen-bond donors (Lipinski definition) is 1. The van der Waals surface area contributed by atoms with Crippen molar-refractivity contribution in [2.75, 3.05) is 6.54 Å². The summed E-state index contributed by atoms with van der Waals surface area (Å²) in [5.74, 6) is 0.543. The van der Waals surface area contributed by atoms with Crippen LogP contribution >= 0.6 is 0 Å². The molecule has 5 heteroatoms. The first-order valence-electron chi connectivity index (χ1n) is 8.26. The van der Waals surface area contributed by atoms with Crippen molar-refractivity contribution in [3.8, 4) is 0 Å². The third-order valence-corrected chi connectivity index (χ3v) is 3.95. The van der Waals surface area contributed by atoms with Crippen LogP contribution in [-0.2, 0) is 17.8 Å². The molecule has 128 valence electrons. The zero-order valence-corrected chi connectivity index (χ0v) is 14.1. The van der Waals surface area contributed by atoms with Gasteiger partial charge >= 0.3 is 0 Å². The summed E-state index contributed by atoms with van der Waals surface area (Å²) in [5.41, 5.74) is 2.95. The smallest absolute Gasteiger partial charge is 0.243 e. The van der Waals surface area contributed by atoms with Gasteiger partial charge in [0.2, 0.25) is 5.91 Å². The molecule has 2 aromatic carbocycles. The highest BCUT2D eigenvalue weighted by Gasteiger charge is 2.11. The maximum atomic E-state index is 13.1. The third-order valence-electron chi connectivity index (χ3n) is 3.95. The minimum atomic E-state index is -0.244. The Kier molecular flexibility index (Phi) is 5.23. The molecule has 0 aliphatic heterocycles. The third kappa shape index (κ3) is 4.12. The molecule has 0 spiro atoms. The lowest BCUT2D eigenvalue weighted by Gasteiger charge is -2.10. The number of carbonyl (C=O) groups excluding carboxylic acids is 1. The topological polar surface area (TPSA) is 46.9 Å². The summed E-state index contributed by atoms with van der Waals surface area (Å²) in [7, 11) is 0. The summed E-state index contributed by atoms with van der Waals surface area (Å²) >= 11 is 0. The first-order valence-corrected chi connectivity index (χ1v) is 8.26. The summed E-state index contributed by atoms with van der Waals surface area (Å²) in [6.07, 6.45) is 3.83. The van der Waals surface area contributed by atoms with Gasteiger partial charge in [-0.3, -0.25) is 4.79 Å². The van der Waals surface area contributed by atoms with Crippen molar-refractivity contribution in [1.82, 2.24) is 14.9 Å². The monoisotopic (exact) mass is 337 g/mol. The number of halogens is 1. The number of aromatic nitrogens is 2. The highest BCUT2D eigenvalue weighted by molar-refractivity contribution is 5.87. The number of imidazole rings is 1. The molecule has 1 N–H and O–H groups in total. The van der Waals surface area contributed by atoms with Gasteiger partial charge in [-0.15, -0.1) is 0 Å². The number of carbonyl (C=O) groups is 1. The predicted octanol–water partition coefficient (Wildman–Crippen LogP) is 3.46. The van der Waals surface area contributed by atoms with E-state index in [1.165, 1.54) is 18.2 Å². The highest BCUT2D eigenvalue weighted by Crippen LogP contribution is 2.18. The zero-order valence-electron chi connectivity index (χ0n) is 14.1. The van der Waals surface area contributed by atoms with Gasteiger partial charge in [0.1, 0.15) is 11.6 Å². The van der Waals surface area contributed by atoms with Crippen molar-refractivity contribution in [2.24, 2.45) is 0 Å². The summed E-state index contributed by atoms with van der Waals surface area (Å²) < 4.78 is 15.3. The van der Waals surface area contributed by atoms with Crippen LogP contribution in [0.15, 0.2) is 60.7 Å². The van der Waals surface area contributed by atoms with Gasteiger partial charge in [-0.25, -0.2) is 9.37 Å². The molecule has 0 saturated heterocycles. The second kappa shape index (κ2) is 7.75. The van der Waals surface area contributed by atoms with Gasteiger partial charge in [-0.2, -0.15) is 0 Å². The molecule has 1 heterocycles. The van der Waals surface area contributed by atoms with Crippen LogP contribution in [0.2, 0.25) is 0 Å². The zero-order chi connectivity index (χ0) is 17.6. The van der Waals surface area contributed by atoms with E-state index in [1.807, 2.05) is 31.2 Å². The maximum Gasteiger partial charge on any atom is 0.243 e. The van der Waals surface area contributed by atoms with Gasteiger partial charge in [-0.05, 0) is 42.8 Å². The molecule has 0 radical (unpaired) electrons. The molecule has 25 heavy (non-hydrogen) atoms. The van der Waals surface area contributed by atoms with E-state index in [4.69, 9.17) is 0 Å². The summed E-state index contributed by atoms with van der Waals surface area (Å²) in [4.78, 5) is 16.2. The van der Waals surface area contributed by atoms with Crippen LogP contribution in [-0.4, -0.2) is 22.0 Å². The summed E-state index contributed by atoms with van der Waals surface area (Å²) in [6, 6.07) is 14.4. The fraction of sp³-hybridized carbons (Fsp3) is 0.200. The molecular formula is C20H20FN3O. The van der Waals surface area contributed by atoms with Crippen molar-refractivity contribution in [1.29, 1.82) is 0 Å². The number of nitrogens with zero attached hydrogens (tertiary/aromatic N) is 2. The number of fused-ring (bicyclic) bond motifs is 1. The lowest BCUT2D eigenvalue weighted by atomic mass is 10.2.